The van der Waals surface area contributed by atoms with Crippen LogP contribution in [0.15, 0.2) is 36.7 Å². The number of anilines is 1. The molecule has 2 amide bonds. The predicted octanol–water partition coefficient (Wildman–Crippen LogP) is 0.698. The molecule has 1 aliphatic heterocycles. The van der Waals surface area contributed by atoms with E-state index in [0.29, 0.717) is 0 Å². The normalized spacial score (nSPS) is 15.9. The molecular weight excluding hydrogens is 230 g/mol. The molecular formula is C13H11N3O2. The van der Waals surface area contributed by atoms with Crippen LogP contribution in [0.5, 0.6) is 0 Å². The van der Waals surface area contributed by atoms with Crippen molar-refractivity contribution in [2.75, 3.05) is 18.0 Å². The second-order valence-corrected chi connectivity index (χ2v) is 4.20. The average Bonchev–Trinajstić information content (AvgIpc) is 2.37. The van der Waals surface area contributed by atoms with Gasteiger partial charge < -0.3 is 4.90 Å². The van der Waals surface area contributed by atoms with E-state index >= 15 is 0 Å². The SMILES string of the molecule is O=C1CN(c2cccc3ccncc23)CC(=O)N1. The maximum Gasteiger partial charge on any atom is 0.246 e. The zero-order valence-corrected chi connectivity index (χ0v) is 9.59. The summed E-state index contributed by atoms with van der Waals surface area (Å²) >= 11 is 0. The van der Waals surface area contributed by atoms with Crippen LogP contribution in [0.4, 0.5) is 5.69 Å². The lowest BCUT2D eigenvalue weighted by Gasteiger charge is -2.28. The molecule has 0 atom stereocenters. The molecule has 0 saturated carbocycles. The number of imide groups is 1. The van der Waals surface area contributed by atoms with Crippen molar-refractivity contribution >= 4 is 28.3 Å². The number of hydrogen-bond donors (Lipinski definition) is 1. The van der Waals surface area contributed by atoms with Crippen molar-refractivity contribution in [1.82, 2.24) is 10.3 Å². The van der Waals surface area contributed by atoms with E-state index in [2.05, 4.69) is 10.3 Å². The van der Waals surface area contributed by atoms with Crippen LogP contribution >= 0.6 is 0 Å². The summed E-state index contributed by atoms with van der Waals surface area (Å²) in [5.41, 5.74) is 0.865. The van der Waals surface area contributed by atoms with Gasteiger partial charge in [-0.1, -0.05) is 12.1 Å². The molecule has 0 radical (unpaired) electrons. The van der Waals surface area contributed by atoms with Crippen molar-refractivity contribution < 1.29 is 9.59 Å². The van der Waals surface area contributed by atoms with E-state index in [4.69, 9.17) is 0 Å². The fourth-order valence-electron chi connectivity index (χ4n) is 2.18. The Labute approximate surface area is 103 Å². The maximum atomic E-state index is 11.4. The molecule has 0 unspecified atom stereocenters. The van der Waals surface area contributed by atoms with Gasteiger partial charge in [0.2, 0.25) is 11.8 Å². The lowest BCUT2D eigenvalue weighted by Crippen LogP contribution is -2.51. The van der Waals surface area contributed by atoms with Crippen molar-refractivity contribution in [3.8, 4) is 0 Å². The topological polar surface area (TPSA) is 62.3 Å². The Balaban J connectivity index is 2.08. The molecule has 1 aromatic carbocycles. The number of amides is 2. The number of nitrogens with one attached hydrogen (secondary N) is 1. The third kappa shape index (κ3) is 1.79. The van der Waals surface area contributed by atoms with E-state index < -0.39 is 0 Å². The minimum absolute atomic E-state index is 0.194. The van der Waals surface area contributed by atoms with Gasteiger partial charge in [-0.3, -0.25) is 19.9 Å². The van der Waals surface area contributed by atoms with Crippen molar-refractivity contribution in [3.05, 3.63) is 36.7 Å². The van der Waals surface area contributed by atoms with Crippen LogP contribution in [-0.2, 0) is 9.59 Å². The molecule has 90 valence electrons. The summed E-state index contributed by atoms with van der Waals surface area (Å²) in [6.45, 7) is 0.388. The number of rotatable bonds is 1. The Morgan fingerprint density at radius 1 is 1.11 bits per heavy atom. The lowest BCUT2D eigenvalue weighted by atomic mass is 10.1. The van der Waals surface area contributed by atoms with Gasteiger partial charge in [-0.25, -0.2) is 0 Å². The summed E-state index contributed by atoms with van der Waals surface area (Å²) in [6.07, 6.45) is 3.47. The molecule has 5 heteroatoms. The molecule has 2 heterocycles. The summed E-state index contributed by atoms with van der Waals surface area (Å²) in [7, 11) is 0. The zero-order chi connectivity index (χ0) is 12.5. The third-order valence-electron chi connectivity index (χ3n) is 2.95. The van der Waals surface area contributed by atoms with Crippen LogP contribution in [0.3, 0.4) is 0 Å². The Hall–Kier alpha value is -2.43. The second kappa shape index (κ2) is 4.10. The van der Waals surface area contributed by atoms with Gasteiger partial charge in [-0.2, -0.15) is 0 Å². The van der Waals surface area contributed by atoms with Gasteiger partial charge in [0.15, 0.2) is 0 Å². The zero-order valence-electron chi connectivity index (χ0n) is 9.59. The van der Waals surface area contributed by atoms with Crippen LogP contribution in [0.25, 0.3) is 10.8 Å². The van der Waals surface area contributed by atoms with Crippen molar-refractivity contribution in [2.45, 2.75) is 0 Å². The number of aromatic nitrogens is 1. The van der Waals surface area contributed by atoms with Crippen LogP contribution in [0.2, 0.25) is 0 Å². The van der Waals surface area contributed by atoms with Gasteiger partial charge in [-0.05, 0) is 17.5 Å². The molecule has 1 N–H and O–H groups in total. The third-order valence-corrected chi connectivity index (χ3v) is 2.95. The van der Waals surface area contributed by atoms with E-state index in [1.807, 2.05) is 24.3 Å². The maximum absolute atomic E-state index is 11.4. The highest BCUT2D eigenvalue weighted by Crippen LogP contribution is 2.26. The molecule has 1 saturated heterocycles. The summed E-state index contributed by atoms with van der Waals surface area (Å²) < 4.78 is 0. The summed E-state index contributed by atoms with van der Waals surface area (Å²) in [5.74, 6) is -0.542. The van der Waals surface area contributed by atoms with E-state index in [0.717, 1.165) is 16.5 Å². The standard InChI is InChI=1S/C13H11N3O2/c17-12-7-16(8-13(18)15-12)11-3-1-2-9-4-5-14-6-10(9)11/h1-6H,7-8H2,(H,15,17,18). The van der Waals surface area contributed by atoms with Gasteiger partial charge >= 0.3 is 0 Å². The first-order chi connectivity index (χ1) is 8.74. The molecule has 1 aliphatic rings. The Kier molecular flexibility index (Phi) is 2.44. The first kappa shape index (κ1) is 10.7. The number of hydrogen-bond acceptors (Lipinski definition) is 4. The molecule has 3 rings (SSSR count). The van der Waals surface area contributed by atoms with Crippen molar-refractivity contribution in [2.24, 2.45) is 0 Å². The van der Waals surface area contributed by atoms with Crippen LogP contribution in [-0.4, -0.2) is 29.9 Å². The van der Waals surface area contributed by atoms with Crippen LogP contribution in [0.1, 0.15) is 0 Å². The number of nitrogens with zero attached hydrogens (tertiary/aromatic N) is 2. The van der Waals surface area contributed by atoms with E-state index in [9.17, 15) is 9.59 Å². The molecule has 1 aromatic heterocycles. The van der Waals surface area contributed by atoms with E-state index in [1.165, 1.54) is 0 Å². The number of benzene rings is 1. The summed E-state index contributed by atoms with van der Waals surface area (Å²) in [4.78, 5) is 28.7. The monoisotopic (exact) mass is 241 g/mol. The highest BCUT2D eigenvalue weighted by Gasteiger charge is 2.23. The van der Waals surface area contributed by atoms with Gasteiger partial charge in [0.25, 0.3) is 0 Å². The van der Waals surface area contributed by atoms with E-state index in [-0.39, 0.29) is 24.9 Å². The van der Waals surface area contributed by atoms with Gasteiger partial charge in [0, 0.05) is 23.5 Å². The van der Waals surface area contributed by atoms with Crippen LogP contribution in [0, 0.1) is 0 Å². The quantitative estimate of drug-likeness (QED) is 0.746. The van der Waals surface area contributed by atoms with Gasteiger partial charge in [0.1, 0.15) is 0 Å². The Bertz CT molecular complexity index is 618. The number of pyridine rings is 1. The van der Waals surface area contributed by atoms with Crippen LogP contribution < -0.4 is 10.2 Å². The molecule has 0 aliphatic carbocycles. The highest BCUT2D eigenvalue weighted by molar-refractivity contribution is 6.05. The number of fused-ring (bicyclic) bond motifs is 1. The minimum atomic E-state index is -0.271. The van der Waals surface area contributed by atoms with Gasteiger partial charge in [-0.15, -0.1) is 0 Å². The number of piperazine rings is 1. The molecule has 5 nitrogen and oxygen atoms in total. The smallest absolute Gasteiger partial charge is 0.246 e. The summed E-state index contributed by atoms with van der Waals surface area (Å²) in [6, 6.07) is 7.70. The Morgan fingerprint density at radius 2 is 1.89 bits per heavy atom. The summed E-state index contributed by atoms with van der Waals surface area (Å²) in [5, 5.41) is 4.28. The number of carbonyl (C=O) groups excluding carboxylic acids is 2. The molecule has 18 heavy (non-hydrogen) atoms. The molecule has 1 fully saturated rings. The first-order valence-corrected chi connectivity index (χ1v) is 5.64. The largest absolute Gasteiger partial charge is 0.352 e. The van der Waals surface area contributed by atoms with Gasteiger partial charge in [0.05, 0.1) is 13.1 Å². The highest BCUT2D eigenvalue weighted by atomic mass is 16.2. The minimum Gasteiger partial charge on any atom is -0.352 e. The second-order valence-electron chi connectivity index (χ2n) is 4.20. The van der Waals surface area contributed by atoms with Crippen molar-refractivity contribution in [1.29, 1.82) is 0 Å². The first-order valence-electron chi connectivity index (χ1n) is 5.64. The average molecular weight is 241 g/mol. The predicted molar refractivity (Wildman–Crippen MR) is 67.1 cm³/mol. The molecule has 2 aromatic rings. The fraction of sp³-hybridized carbons (Fsp3) is 0.154. The molecule has 0 bridgehead atoms. The lowest BCUT2D eigenvalue weighted by molar-refractivity contribution is -0.130. The Morgan fingerprint density at radius 3 is 2.67 bits per heavy atom. The fourth-order valence-corrected chi connectivity index (χ4v) is 2.18. The van der Waals surface area contributed by atoms with E-state index in [1.54, 1.807) is 17.3 Å². The van der Waals surface area contributed by atoms with Crippen molar-refractivity contribution in [3.63, 3.8) is 0 Å². The molecule has 0 spiro atoms. The number of carbonyl (C=O) groups is 2.